The van der Waals surface area contributed by atoms with Crippen LogP contribution in [0.3, 0.4) is 0 Å². The van der Waals surface area contributed by atoms with E-state index < -0.39 is 0 Å². The lowest BCUT2D eigenvalue weighted by molar-refractivity contribution is 0.465. The molecule has 4 aromatic rings. The summed E-state index contributed by atoms with van der Waals surface area (Å²) < 4.78 is 7.28. The first-order chi connectivity index (χ1) is 12.9. The van der Waals surface area contributed by atoms with Gasteiger partial charge in [-0.05, 0) is 23.1 Å². The van der Waals surface area contributed by atoms with Gasteiger partial charge in [0.25, 0.3) is 10.8 Å². The Labute approximate surface area is 164 Å². The lowest BCUT2D eigenvalue weighted by Gasteiger charge is -2.18. The van der Waals surface area contributed by atoms with Gasteiger partial charge in [-0.1, -0.05) is 44.7 Å². The second-order valence-corrected chi connectivity index (χ2v) is 8.93. The molecule has 0 radical (unpaired) electrons. The first-order valence-electron chi connectivity index (χ1n) is 8.43. The van der Waals surface area contributed by atoms with Crippen molar-refractivity contribution in [1.82, 2.24) is 19.6 Å². The predicted octanol–water partition coefficient (Wildman–Crippen LogP) is 4.40. The predicted molar refractivity (Wildman–Crippen MR) is 107 cm³/mol. The van der Waals surface area contributed by atoms with E-state index in [1.165, 1.54) is 39.1 Å². The van der Waals surface area contributed by atoms with Crippen LogP contribution in [0, 0.1) is 0 Å². The number of thiazole rings is 1. The van der Waals surface area contributed by atoms with Crippen molar-refractivity contribution in [3.63, 3.8) is 0 Å². The molecule has 0 aliphatic rings. The third-order valence-corrected chi connectivity index (χ3v) is 5.71. The molecule has 8 heteroatoms. The zero-order chi connectivity index (χ0) is 19.0. The van der Waals surface area contributed by atoms with Crippen molar-refractivity contribution >= 4 is 28.1 Å². The second kappa shape index (κ2) is 6.94. The van der Waals surface area contributed by atoms with Gasteiger partial charge >= 0.3 is 0 Å². The Balaban J connectivity index is 1.48. The molecule has 27 heavy (non-hydrogen) atoms. The number of hydrogen-bond acceptors (Lipinski definition) is 7. The van der Waals surface area contributed by atoms with Crippen molar-refractivity contribution < 1.29 is 4.42 Å². The number of thioether (sulfide) groups is 1. The summed E-state index contributed by atoms with van der Waals surface area (Å²) in [5.74, 6) is 0.980. The van der Waals surface area contributed by atoms with E-state index in [9.17, 15) is 4.79 Å². The molecule has 0 saturated carbocycles. The first kappa shape index (κ1) is 17.9. The molecule has 0 fully saturated rings. The number of fused-ring (bicyclic) bond motifs is 1. The molecule has 138 valence electrons. The van der Waals surface area contributed by atoms with Gasteiger partial charge in [-0.25, -0.2) is 4.98 Å². The van der Waals surface area contributed by atoms with E-state index in [1.54, 1.807) is 6.20 Å². The quantitative estimate of drug-likeness (QED) is 0.475. The van der Waals surface area contributed by atoms with E-state index in [1.807, 2.05) is 17.5 Å². The number of benzene rings is 1. The van der Waals surface area contributed by atoms with Crippen molar-refractivity contribution in [2.75, 3.05) is 0 Å². The van der Waals surface area contributed by atoms with E-state index in [2.05, 4.69) is 48.1 Å². The van der Waals surface area contributed by atoms with Crippen LogP contribution in [0.2, 0.25) is 0 Å². The van der Waals surface area contributed by atoms with Crippen LogP contribution in [0.25, 0.3) is 16.4 Å². The smallest absolute Gasteiger partial charge is 0.277 e. The normalized spacial score (nSPS) is 12.0. The summed E-state index contributed by atoms with van der Waals surface area (Å²) in [6, 6.07) is 9.70. The molecular formula is C19H18N4O2S2. The number of hydrogen-bond donors (Lipinski definition) is 0. The van der Waals surface area contributed by atoms with Crippen LogP contribution in [0.5, 0.6) is 0 Å². The van der Waals surface area contributed by atoms with E-state index in [0.717, 1.165) is 5.56 Å². The van der Waals surface area contributed by atoms with Crippen LogP contribution in [-0.4, -0.2) is 19.6 Å². The monoisotopic (exact) mass is 398 g/mol. The Morgan fingerprint density at radius 1 is 1.19 bits per heavy atom. The maximum Gasteiger partial charge on any atom is 0.277 e. The fourth-order valence-corrected chi connectivity index (χ4v) is 3.99. The third-order valence-electron chi connectivity index (χ3n) is 4.10. The minimum Gasteiger partial charge on any atom is -0.411 e. The van der Waals surface area contributed by atoms with Crippen molar-refractivity contribution in [1.29, 1.82) is 0 Å². The zero-order valence-electron chi connectivity index (χ0n) is 15.2. The van der Waals surface area contributed by atoms with Crippen LogP contribution < -0.4 is 5.56 Å². The van der Waals surface area contributed by atoms with Crippen molar-refractivity contribution in [3.05, 3.63) is 63.5 Å². The van der Waals surface area contributed by atoms with Crippen LogP contribution in [0.1, 0.15) is 32.0 Å². The van der Waals surface area contributed by atoms with Gasteiger partial charge in [0.2, 0.25) is 5.89 Å². The standard InChI is InChI=1S/C19H18N4O2S2/c1-19(2,3)13-6-4-12(5-7-13)16-21-22-18(25-16)27-11-14-10-15(24)23-8-9-26-17(23)20-14/h4-10H,11H2,1-3H3. The summed E-state index contributed by atoms with van der Waals surface area (Å²) in [6.07, 6.45) is 1.72. The van der Waals surface area contributed by atoms with E-state index in [4.69, 9.17) is 4.42 Å². The topological polar surface area (TPSA) is 73.3 Å². The number of rotatable bonds is 4. The lowest BCUT2D eigenvalue weighted by Crippen LogP contribution is -2.12. The summed E-state index contributed by atoms with van der Waals surface area (Å²) in [5, 5.41) is 10.5. The Morgan fingerprint density at radius 3 is 2.70 bits per heavy atom. The van der Waals surface area contributed by atoms with Crippen molar-refractivity contribution in [2.24, 2.45) is 0 Å². The van der Waals surface area contributed by atoms with E-state index >= 15 is 0 Å². The first-order valence-corrected chi connectivity index (χ1v) is 10.3. The summed E-state index contributed by atoms with van der Waals surface area (Å²) in [6.45, 7) is 6.53. The lowest BCUT2D eigenvalue weighted by atomic mass is 9.87. The molecule has 1 aromatic carbocycles. The molecule has 4 rings (SSSR count). The largest absolute Gasteiger partial charge is 0.411 e. The fourth-order valence-electron chi connectivity index (χ4n) is 2.60. The molecule has 0 atom stereocenters. The Bertz CT molecular complexity index is 1140. The molecule has 0 spiro atoms. The SMILES string of the molecule is CC(C)(C)c1ccc(-c2nnc(SCc3cc(=O)n4ccsc4n3)o2)cc1. The third kappa shape index (κ3) is 3.81. The fraction of sp³-hybridized carbons (Fsp3) is 0.263. The Hall–Kier alpha value is -2.45. The van der Waals surface area contributed by atoms with Gasteiger partial charge in [0.05, 0.1) is 5.69 Å². The summed E-state index contributed by atoms with van der Waals surface area (Å²) >= 11 is 2.80. The average molecular weight is 399 g/mol. The van der Waals surface area contributed by atoms with Gasteiger partial charge in [-0.2, -0.15) is 0 Å². The molecule has 0 N–H and O–H groups in total. The highest BCUT2D eigenvalue weighted by Crippen LogP contribution is 2.28. The van der Waals surface area contributed by atoms with E-state index in [-0.39, 0.29) is 11.0 Å². The van der Waals surface area contributed by atoms with Crippen LogP contribution in [0.15, 0.2) is 56.3 Å². The summed E-state index contributed by atoms with van der Waals surface area (Å²) in [4.78, 5) is 17.2. The molecule has 0 saturated heterocycles. The molecule has 3 heterocycles. The van der Waals surface area contributed by atoms with Crippen LogP contribution in [-0.2, 0) is 11.2 Å². The van der Waals surface area contributed by atoms with Gasteiger partial charge in [-0.3, -0.25) is 9.20 Å². The van der Waals surface area contributed by atoms with Crippen molar-refractivity contribution in [3.8, 4) is 11.5 Å². The summed E-state index contributed by atoms with van der Waals surface area (Å²) in [7, 11) is 0. The summed E-state index contributed by atoms with van der Waals surface area (Å²) in [5.41, 5.74) is 2.85. The van der Waals surface area contributed by atoms with Gasteiger partial charge in [-0.15, -0.1) is 21.5 Å². The molecule has 0 aliphatic carbocycles. The minimum atomic E-state index is -0.0815. The highest BCUT2D eigenvalue weighted by Gasteiger charge is 2.15. The number of nitrogens with zero attached hydrogens (tertiary/aromatic N) is 4. The van der Waals surface area contributed by atoms with Crippen molar-refractivity contribution in [2.45, 2.75) is 37.2 Å². The highest BCUT2D eigenvalue weighted by atomic mass is 32.2. The zero-order valence-corrected chi connectivity index (χ0v) is 16.8. The Kier molecular flexibility index (Phi) is 4.61. The van der Waals surface area contributed by atoms with Crippen LogP contribution in [0.4, 0.5) is 0 Å². The number of aromatic nitrogens is 4. The molecule has 0 bridgehead atoms. The molecule has 0 unspecified atom stereocenters. The highest BCUT2D eigenvalue weighted by molar-refractivity contribution is 7.98. The molecule has 6 nitrogen and oxygen atoms in total. The second-order valence-electron chi connectivity index (χ2n) is 7.13. The van der Waals surface area contributed by atoms with Gasteiger partial charge in [0.15, 0.2) is 4.96 Å². The van der Waals surface area contributed by atoms with Crippen LogP contribution >= 0.6 is 23.1 Å². The maximum absolute atomic E-state index is 12.0. The van der Waals surface area contributed by atoms with Gasteiger partial charge < -0.3 is 4.42 Å². The van der Waals surface area contributed by atoms with Gasteiger partial charge in [0, 0.05) is 29.0 Å². The molecule has 3 aromatic heterocycles. The maximum atomic E-state index is 12.0. The minimum absolute atomic E-state index is 0.0815. The molecule has 0 amide bonds. The van der Waals surface area contributed by atoms with E-state index in [0.29, 0.717) is 27.5 Å². The molecular weight excluding hydrogens is 380 g/mol. The Morgan fingerprint density at radius 2 is 1.96 bits per heavy atom. The van der Waals surface area contributed by atoms with Gasteiger partial charge in [0.1, 0.15) is 0 Å². The average Bonchev–Trinajstić information content (AvgIpc) is 3.29. The molecule has 0 aliphatic heterocycles.